The standard InChI is InChI=1S/C13H25NO/c1-3-11(2)10-13(15)7-9-14-8-5-4-6-12(13)14/h11-12,15H,3-10H2,1-2H3. The van der Waals surface area contributed by atoms with Crippen molar-refractivity contribution < 1.29 is 5.11 Å². The first kappa shape index (κ1) is 11.4. The van der Waals surface area contributed by atoms with E-state index in [0.29, 0.717) is 12.0 Å². The van der Waals surface area contributed by atoms with E-state index in [-0.39, 0.29) is 5.60 Å². The quantitative estimate of drug-likeness (QED) is 0.775. The second-order valence-electron chi connectivity index (χ2n) is 5.62. The highest BCUT2D eigenvalue weighted by molar-refractivity contribution is 5.01. The van der Waals surface area contributed by atoms with Gasteiger partial charge < -0.3 is 5.11 Å². The van der Waals surface area contributed by atoms with Crippen LogP contribution in [0.25, 0.3) is 0 Å². The summed E-state index contributed by atoms with van der Waals surface area (Å²) >= 11 is 0. The van der Waals surface area contributed by atoms with Gasteiger partial charge in [0.1, 0.15) is 0 Å². The van der Waals surface area contributed by atoms with Gasteiger partial charge in [-0.15, -0.1) is 0 Å². The van der Waals surface area contributed by atoms with Crippen LogP contribution < -0.4 is 0 Å². The molecule has 2 aliphatic heterocycles. The molecular formula is C13H25NO. The Kier molecular flexibility index (Phi) is 3.36. The van der Waals surface area contributed by atoms with Crippen molar-refractivity contribution in [3.8, 4) is 0 Å². The summed E-state index contributed by atoms with van der Waals surface area (Å²) < 4.78 is 0. The molecule has 88 valence electrons. The zero-order valence-electron chi connectivity index (χ0n) is 10.2. The Hall–Kier alpha value is -0.0800. The fraction of sp³-hybridized carbons (Fsp3) is 1.00. The van der Waals surface area contributed by atoms with Crippen LogP contribution in [0, 0.1) is 5.92 Å². The molecule has 0 aromatic heterocycles. The molecule has 0 bridgehead atoms. The lowest BCUT2D eigenvalue weighted by molar-refractivity contribution is -0.0266. The Morgan fingerprint density at radius 3 is 2.93 bits per heavy atom. The molecule has 0 radical (unpaired) electrons. The number of piperidine rings is 1. The summed E-state index contributed by atoms with van der Waals surface area (Å²) in [5, 5.41) is 10.7. The largest absolute Gasteiger partial charge is 0.388 e. The van der Waals surface area contributed by atoms with Gasteiger partial charge in [-0.2, -0.15) is 0 Å². The smallest absolute Gasteiger partial charge is 0.0816 e. The second kappa shape index (κ2) is 4.42. The Labute approximate surface area is 93.7 Å². The van der Waals surface area contributed by atoms with Gasteiger partial charge in [0.25, 0.3) is 0 Å². The van der Waals surface area contributed by atoms with Crippen LogP contribution in [0.4, 0.5) is 0 Å². The molecule has 1 N–H and O–H groups in total. The van der Waals surface area contributed by atoms with Gasteiger partial charge in [0, 0.05) is 12.6 Å². The molecule has 2 rings (SSSR count). The topological polar surface area (TPSA) is 23.5 Å². The van der Waals surface area contributed by atoms with Gasteiger partial charge in [-0.1, -0.05) is 26.7 Å². The van der Waals surface area contributed by atoms with Crippen molar-refractivity contribution in [2.24, 2.45) is 5.92 Å². The van der Waals surface area contributed by atoms with Crippen molar-refractivity contribution in [2.45, 2.75) is 64.0 Å². The molecule has 2 heterocycles. The number of nitrogens with zero attached hydrogens (tertiary/aromatic N) is 1. The molecule has 2 fully saturated rings. The summed E-state index contributed by atoms with van der Waals surface area (Å²) in [5.74, 6) is 0.664. The van der Waals surface area contributed by atoms with E-state index in [1.54, 1.807) is 0 Å². The Morgan fingerprint density at radius 1 is 1.40 bits per heavy atom. The lowest BCUT2D eigenvalue weighted by Crippen LogP contribution is -2.47. The van der Waals surface area contributed by atoms with Gasteiger partial charge in [0.2, 0.25) is 0 Å². The van der Waals surface area contributed by atoms with Crippen LogP contribution in [0.15, 0.2) is 0 Å². The maximum atomic E-state index is 10.7. The molecule has 0 saturated carbocycles. The van der Waals surface area contributed by atoms with Crippen LogP contribution in [-0.4, -0.2) is 34.7 Å². The summed E-state index contributed by atoms with van der Waals surface area (Å²) in [5.41, 5.74) is -0.365. The van der Waals surface area contributed by atoms with E-state index in [0.717, 1.165) is 19.4 Å². The Bertz CT molecular complexity index is 219. The van der Waals surface area contributed by atoms with Crippen molar-refractivity contribution in [3.05, 3.63) is 0 Å². The minimum Gasteiger partial charge on any atom is -0.388 e. The molecule has 0 amide bonds. The monoisotopic (exact) mass is 211 g/mol. The van der Waals surface area contributed by atoms with Crippen molar-refractivity contribution in [3.63, 3.8) is 0 Å². The zero-order chi connectivity index (χ0) is 10.9. The minimum atomic E-state index is -0.365. The highest BCUT2D eigenvalue weighted by Gasteiger charge is 2.46. The summed E-state index contributed by atoms with van der Waals surface area (Å²) in [4.78, 5) is 2.52. The highest BCUT2D eigenvalue weighted by Crippen LogP contribution is 2.39. The van der Waals surface area contributed by atoms with Gasteiger partial charge >= 0.3 is 0 Å². The summed E-state index contributed by atoms with van der Waals surface area (Å²) in [7, 11) is 0. The average Bonchev–Trinajstić information content (AvgIpc) is 2.57. The van der Waals surface area contributed by atoms with Crippen LogP contribution in [0.2, 0.25) is 0 Å². The van der Waals surface area contributed by atoms with Crippen molar-refractivity contribution >= 4 is 0 Å². The van der Waals surface area contributed by atoms with E-state index in [1.807, 2.05) is 0 Å². The van der Waals surface area contributed by atoms with Crippen LogP contribution >= 0.6 is 0 Å². The molecule has 0 aromatic carbocycles. The van der Waals surface area contributed by atoms with Gasteiger partial charge in [0.05, 0.1) is 5.60 Å². The lowest BCUT2D eigenvalue weighted by atomic mass is 9.81. The molecule has 2 heteroatoms. The molecule has 2 nitrogen and oxygen atoms in total. The van der Waals surface area contributed by atoms with Crippen molar-refractivity contribution in [1.29, 1.82) is 0 Å². The number of fused-ring (bicyclic) bond motifs is 1. The van der Waals surface area contributed by atoms with Crippen molar-refractivity contribution in [2.75, 3.05) is 13.1 Å². The lowest BCUT2D eigenvalue weighted by Gasteiger charge is -2.38. The molecule has 2 saturated heterocycles. The number of hydrogen-bond acceptors (Lipinski definition) is 2. The minimum absolute atomic E-state index is 0.365. The SMILES string of the molecule is CCC(C)CC1(O)CCN2CCCCC21. The van der Waals surface area contributed by atoms with E-state index in [1.165, 1.54) is 32.2 Å². The predicted molar refractivity (Wildman–Crippen MR) is 62.9 cm³/mol. The molecular weight excluding hydrogens is 186 g/mol. The maximum Gasteiger partial charge on any atom is 0.0816 e. The number of aliphatic hydroxyl groups is 1. The number of hydrogen-bond donors (Lipinski definition) is 1. The fourth-order valence-electron chi connectivity index (χ4n) is 3.36. The van der Waals surface area contributed by atoms with Crippen LogP contribution in [0.5, 0.6) is 0 Å². The Morgan fingerprint density at radius 2 is 2.20 bits per heavy atom. The molecule has 0 spiro atoms. The van der Waals surface area contributed by atoms with E-state index in [4.69, 9.17) is 0 Å². The summed E-state index contributed by atoms with van der Waals surface area (Å²) in [6.45, 7) is 6.83. The van der Waals surface area contributed by atoms with E-state index < -0.39 is 0 Å². The number of rotatable bonds is 3. The molecule has 0 aromatic rings. The van der Waals surface area contributed by atoms with E-state index in [9.17, 15) is 5.11 Å². The highest BCUT2D eigenvalue weighted by atomic mass is 16.3. The van der Waals surface area contributed by atoms with Gasteiger partial charge in [-0.25, -0.2) is 0 Å². The maximum absolute atomic E-state index is 10.7. The van der Waals surface area contributed by atoms with Gasteiger partial charge in [-0.05, 0) is 38.1 Å². The third-order valence-electron chi connectivity index (χ3n) is 4.46. The molecule has 15 heavy (non-hydrogen) atoms. The van der Waals surface area contributed by atoms with Crippen LogP contribution in [-0.2, 0) is 0 Å². The zero-order valence-corrected chi connectivity index (χ0v) is 10.2. The van der Waals surface area contributed by atoms with Gasteiger partial charge in [0.15, 0.2) is 0 Å². The van der Waals surface area contributed by atoms with Gasteiger partial charge in [-0.3, -0.25) is 4.90 Å². The average molecular weight is 211 g/mol. The molecule has 3 atom stereocenters. The third kappa shape index (κ3) is 2.21. The fourth-order valence-corrected chi connectivity index (χ4v) is 3.36. The molecule has 3 unspecified atom stereocenters. The first-order chi connectivity index (χ1) is 7.15. The van der Waals surface area contributed by atoms with E-state index in [2.05, 4.69) is 18.7 Å². The van der Waals surface area contributed by atoms with E-state index >= 15 is 0 Å². The first-order valence-electron chi connectivity index (χ1n) is 6.62. The van der Waals surface area contributed by atoms with Crippen molar-refractivity contribution in [1.82, 2.24) is 4.90 Å². The third-order valence-corrected chi connectivity index (χ3v) is 4.46. The summed E-state index contributed by atoms with van der Waals surface area (Å²) in [6.07, 6.45) is 7.05. The van der Waals surface area contributed by atoms with Crippen LogP contribution in [0.1, 0.15) is 52.4 Å². The molecule has 2 aliphatic rings. The summed E-state index contributed by atoms with van der Waals surface area (Å²) in [6, 6.07) is 0.472. The first-order valence-corrected chi connectivity index (χ1v) is 6.62. The Balaban J connectivity index is 2.01. The normalized spacial score (nSPS) is 39.0. The second-order valence-corrected chi connectivity index (χ2v) is 5.62. The molecule has 0 aliphatic carbocycles. The predicted octanol–water partition coefficient (Wildman–Crippen LogP) is 2.41. The van der Waals surface area contributed by atoms with Crippen LogP contribution in [0.3, 0.4) is 0 Å².